The lowest BCUT2D eigenvalue weighted by Crippen LogP contribution is -2.25. The van der Waals surface area contributed by atoms with Crippen molar-refractivity contribution in [2.24, 2.45) is 12.1 Å². The van der Waals surface area contributed by atoms with Gasteiger partial charge in [-0.15, -0.1) is 0 Å². The molecule has 3 aromatic rings. The Balaban J connectivity index is 1.63. The Bertz CT molecular complexity index is 1060. The molecule has 0 bridgehead atoms. The molecule has 0 aliphatic rings. The number of aryl methyl sites for hydroxylation is 1. The van der Waals surface area contributed by atoms with Crippen molar-refractivity contribution in [1.29, 1.82) is 0 Å². The first-order chi connectivity index (χ1) is 14.4. The second-order valence-electron chi connectivity index (χ2n) is 7.48. The van der Waals surface area contributed by atoms with Gasteiger partial charge in [-0.3, -0.25) is 4.79 Å². The third kappa shape index (κ3) is 5.10. The van der Waals surface area contributed by atoms with E-state index in [-0.39, 0.29) is 12.5 Å². The number of aromatic nitrogens is 1. The molecule has 0 saturated heterocycles. The zero-order valence-electron chi connectivity index (χ0n) is 17.6. The summed E-state index contributed by atoms with van der Waals surface area (Å²) in [6.45, 7) is 6.07. The van der Waals surface area contributed by atoms with E-state index in [1.54, 1.807) is 6.21 Å². The van der Waals surface area contributed by atoms with Crippen molar-refractivity contribution < 1.29 is 9.53 Å². The van der Waals surface area contributed by atoms with Gasteiger partial charge in [0.05, 0.1) is 6.21 Å². The molecule has 5 nitrogen and oxygen atoms in total. The van der Waals surface area contributed by atoms with Crippen LogP contribution in [0.2, 0.25) is 5.15 Å². The van der Waals surface area contributed by atoms with E-state index in [2.05, 4.69) is 24.4 Å². The summed E-state index contributed by atoms with van der Waals surface area (Å²) in [5, 5.41) is 4.58. The lowest BCUT2D eigenvalue weighted by Gasteiger charge is -2.14. The highest BCUT2D eigenvalue weighted by atomic mass is 35.5. The summed E-state index contributed by atoms with van der Waals surface area (Å²) in [4.78, 5) is 12.2. The van der Waals surface area contributed by atoms with Gasteiger partial charge in [-0.2, -0.15) is 5.10 Å². The van der Waals surface area contributed by atoms with Gasteiger partial charge in [0.1, 0.15) is 10.9 Å². The molecule has 6 heteroatoms. The Morgan fingerprint density at radius 3 is 2.63 bits per heavy atom. The lowest BCUT2D eigenvalue weighted by atomic mass is 10.0. The quantitative estimate of drug-likeness (QED) is 0.413. The number of ether oxygens (including phenoxy) is 1. The maximum atomic E-state index is 12.2. The number of hydrazone groups is 1. The largest absolute Gasteiger partial charge is 0.483 e. The van der Waals surface area contributed by atoms with Crippen LogP contribution >= 0.6 is 11.6 Å². The van der Waals surface area contributed by atoms with Crippen LogP contribution in [0.25, 0.3) is 11.3 Å². The standard InChI is InChI=1S/C24H26ClN3O2/c1-16(2)20-11-10-17(3)12-22(20)30-15-23(29)27-26-14-19-13-21(28(4)24(19)25)18-8-6-5-7-9-18/h5-14,16H,15H2,1-4H3,(H,27,29)/b26-14+. The number of carbonyl (C=O) groups is 1. The van der Waals surface area contributed by atoms with Crippen molar-refractivity contribution >= 4 is 23.7 Å². The number of nitrogens with one attached hydrogen (secondary N) is 1. The van der Waals surface area contributed by atoms with E-state index in [4.69, 9.17) is 16.3 Å². The van der Waals surface area contributed by atoms with Crippen LogP contribution in [-0.4, -0.2) is 23.3 Å². The van der Waals surface area contributed by atoms with Crippen molar-refractivity contribution in [2.75, 3.05) is 6.61 Å². The molecule has 1 aromatic heterocycles. The summed E-state index contributed by atoms with van der Waals surface area (Å²) in [6, 6.07) is 17.9. The minimum atomic E-state index is -0.335. The predicted octanol–water partition coefficient (Wildman–Crippen LogP) is 5.31. The van der Waals surface area contributed by atoms with Gasteiger partial charge in [-0.05, 0) is 41.7 Å². The molecule has 1 amide bonds. The van der Waals surface area contributed by atoms with Crippen LogP contribution in [0, 0.1) is 6.92 Å². The summed E-state index contributed by atoms with van der Waals surface area (Å²) in [5.74, 6) is 0.696. The first-order valence-corrected chi connectivity index (χ1v) is 10.2. The molecule has 1 N–H and O–H groups in total. The van der Waals surface area contributed by atoms with E-state index in [1.165, 1.54) is 0 Å². The van der Waals surface area contributed by atoms with E-state index < -0.39 is 0 Å². The number of benzene rings is 2. The Labute approximate surface area is 182 Å². The fraction of sp³-hybridized carbons (Fsp3) is 0.250. The third-order valence-corrected chi connectivity index (χ3v) is 5.27. The smallest absolute Gasteiger partial charge is 0.277 e. The Hall–Kier alpha value is -3.05. The van der Waals surface area contributed by atoms with Gasteiger partial charge in [0.25, 0.3) is 5.91 Å². The zero-order valence-corrected chi connectivity index (χ0v) is 18.4. The van der Waals surface area contributed by atoms with Gasteiger partial charge in [0, 0.05) is 18.3 Å². The van der Waals surface area contributed by atoms with Crippen LogP contribution in [0.15, 0.2) is 59.7 Å². The molecule has 0 atom stereocenters. The topological polar surface area (TPSA) is 55.6 Å². The predicted molar refractivity (Wildman–Crippen MR) is 122 cm³/mol. The van der Waals surface area contributed by atoms with Crippen LogP contribution in [0.5, 0.6) is 5.75 Å². The van der Waals surface area contributed by atoms with E-state index >= 15 is 0 Å². The summed E-state index contributed by atoms with van der Waals surface area (Å²) in [7, 11) is 1.89. The molecular formula is C24H26ClN3O2. The number of carbonyl (C=O) groups excluding carboxylic acids is 1. The normalized spacial score (nSPS) is 11.3. The van der Waals surface area contributed by atoms with E-state index in [0.717, 1.165) is 33.7 Å². The van der Waals surface area contributed by atoms with Crippen LogP contribution in [0.4, 0.5) is 0 Å². The molecular weight excluding hydrogens is 398 g/mol. The molecule has 30 heavy (non-hydrogen) atoms. The molecule has 2 aromatic carbocycles. The number of rotatable bonds is 7. The molecule has 0 fully saturated rings. The number of halogens is 1. The molecule has 0 radical (unpaired) electrons. The van der Waals surface area contributed by atoms with Gasteiger partial charge >= 0.3 is 0 Å². The molecule has 156 valence electrons. The molecule has 3 rings (SSSR count). The third-order valence-electron chi connectivity index (χ3n) is 4.80. The van der Waals surface area contributed by atoms with Crippen LogP contribution in [0.1, 0.15) is 36.5 Å². The van der Waals surface area contributed by atoms with Crippen LogP contribution in [-0.2, 0) is 11.8 Å². The van der Waals surface area contributed by atoms with Gasteiger partial charge in [-0.1, -0.05) is 67.9 Å². The highest BCUT2D eigenvalue weighted by Crippen LogP contribution is 2.28. The van der Waals surface area contributed by atoms with Crippen molar-refractivity contribution in [3.63, 3.8) is 0 Å². The Morgan fingerprint density at radius 1 is 1.20 bits per heavy atom. The molecule has 0 spiro atoms. The zero-order chi connectivity index (χ0) is 21.7. The van der Waals surface area contributed by atoms with Crippen molar-refractivity contribution in [1.82, 2.24) is 9.99 Å². The van der Waals surface area contributed by atoms with E-state index in [9.17, 15) is 4.79 Å². The second-order valence-corrected chi connectivity index (χ2v) is 7.84. The first-order valence-electron chi connectivity index (χ1n) is 9.82. The monoisotopic (exact) mass is 423 g/mol. The van der Waals surface area contributed by atoms with Gasteiger partial charge < -0.3 is 9.30 Å². The average Bonchev–Trinajstić information content (AvgIpc) is 3.01. The SMILES string of the molecule is Cc1ccc(C(C)C)c(OCC(=O)N/N=C/c2cc(-c3ccccc3)n(C)c2Cl)c1. The van der Waals surface area contributed by atoms with Crippen LogP contribution < -0.4 is 10.2 Å². The Kier molecular flexibility index (Phi) is 6.95. The summed E-state index contributed by atoms with van der Waals surface area (Å²) in [5.41, 5.74) is 7.40. The van der Waals surface area contributed by atoms with E-state index in [1.807, 2.05) is 73.1 Å². The number of amides is 1. The fourth-order valence-corrected chi connectivity index (χ4v) is 3.37. The second kappa shape index (κ2) is 9.63. The maximum Gasteiger partial charge on any atom is 0.277 e. The Morgan fingerprint density at radius 2 is 1.93 bits per heavy atom. The molecule has 1 heterocycles. The fourth-order valence-electron chi connectivity index (χ4n) is 3.17. The first kappa shape index (κ1) is 21.7. The summed E-state index contributed by atoms with van der Waals surface area (Å²) in [6.07, 6.45) is 1.54. The molecule has 0 unspecified atom stereocenters. The van der Waals surface area contributed by atoms with Gasteiger partial charge in [0.2, 0.25) is 0 Å². The summed E-state index contributed by atoms with van der Waals surface area (Å²) < 4.78 is 7.62. The summed E-state index contributed by atoms with van der Waals surface area (Å²) >= 11 is 6.42. The van der Waals surface area contributed by atoms with Crippen molar-refractivity contribution in [2.45, 2.75) is 26.7 Å². The van der Waals surface area contributed by atoms with Crippen molar-refractivity contribution in [3.8, 4) is 17.0 Å². The molecule has 0 aliphatic carbocycles. The number of hydrogen-bond acceptors (Lipinski definition) is 3. The minimum absolute atomic E-state index is 0.113. The van der Waals surface area contributed by atoms with Gasteiger partial charge in [0.15, 0.2) is 6.61 Å². The highest BCUT2D eigenvalue weighted by molar-refractivity contribution is 6.32. The maximum absolute atomic E-state index is 12.2. The number of hydrogen-bond donors (Lipinski definition) is 1. The highest BCUT2D eigenvalue weighted by Gasteiger charge is 2.12. The van der Waals surface area contributed by atoms with Crippen LogP contribution in [0.3, 0.4) is 0 Å². The average molecular weight is 424 g/mol. The van der Waals surface area contributed by atoms with Crippen molar-refractivity contribution in [3.05, 3.63) is 76.4 Å². The minimum Gasteiger partial charge on any atom is -0.483 e. The molecule has 0 aliphatic heterocycles. The van der Waals surface area contributed by atoms with Gasteiger partial charge in [-0.25, -0.2) is 5.43 Å². The molecule has 0 saturated carbocycles. The van der Waals surface area contributed by atoms with E-state index in [0.29, 0.717) is 11.1 Å². The number of nitrogens with zero attached hydrogens (tertiary/aromatic N) is 2. The lowest BCUT2D eigenvalue weighted by molar-refractivity contribution is -0.123.